The van der Waals surface area contributed by atoms with Crippen molar-refractivity contribution >= 4 is 0 Å². The average molecular weight is 233 g/mol. The Balaban J connectivity index is 2.64. The van der Waals surface area contributed by atoms with Crippen molar-refractivity contribution < 1.29 is 9.84 Å². The Labute approximate surface area is 99.4 Å². The lowest BCUT2D eigenvalue weighted by molar-refractivity contribution is 0.376. The SMILES string of the molecule is COc1c(CN)c(C)nn1-c1ccccc1O. The Morgan fingerprint density at radius 3 is 2.71 bits per heavy atom. The van der Waals surface area contributed by atoms with Crippen LogP contribution in [0.1, 0.15) is 11.3 Å². The molecular formula is C12H15N3O2. The summed E-state index contributed by atoms with van der Waals surface area (Å²) in [5.41, 5.74) is 7.88. The minimum Gasteiger partial charge on any atom is -0.506 e. The molecule has 1 aromatic carbocycles. The largest absolute Gasteiger partial charge is 0.506 e. The van der Waals surface area contributed by atoms with Gasteiger partial charge in [-0.3, -0.25) is 0 Å². The Morgan fingerprint density at radius 1 is 1.41 bits per heavy atom. The first-order valence-electron chi connectivity index (χ1n) is 5.30. The van der Waals surface area contributed by atoms with Crippen molar-refractivity contribution in [3.8, 4) is 17.3 Å². The maximum atomic E-state index is 9.81. The van der Waals surface area contributed by atoms with Gasteiger partial charge in [0.2, 0.25) is 5.88 Å². The summed E-state index contributed by atoms with van der Waals surface area (Å²) in [7, 11) is 1.56. The summed E-state index contributed by atoms with van der Waals surface area (Å²) in [6, 6.07) is 6.96. The van der Waals surface area contributed by atoms with Crippen LogP contribution in [-0.2, 0) is 6.54 Å². The van der Waals surface area contributed by atoms with Gasteiger partial charge in [0, 0.05) is 6.54 Å². The van der Waals surface area contributed by atoms with Crippen LogP contribution in [0, 0.1) is 6.92 Å². The average Bonchev–Trinajstić information content (AvgIpc) is 2.65. The maximum Gasteiger partial charge on any atom is 0.221 e. The molecule has 0 saturated carbocycles. The van der Waals surface area contributed by atoms with Crippen molar-refractivity contribution in [1.29, 1.82) is 0 Å². The van der Waals surface area contributed by atoms with E-state index in [1.54, 1.807) is 30.0 Å². The third-order valence-corrected chi connectivity index (χ3v) is 2.64. The van der Waals surface area contributed by atoms with Crippen molar-refractivity contribution in [2.24, 2.45) is 5.73 Å². The normalized spacial score (nSPS) is 10.5. The topological polar surface area (TPSA) is 73.3 Å². The first-order chi connectivity index (χ1) is 8.19. The second kappa shape index (κ2) is 4.47. The molecule has 3 N–H and O–H groups in total. The smallest absolute Gasteiger partial charge is 0.221 e. The summed E-state index contributed by atoms with van der Waals surface area (Å²) < 4.78 is 6.87. The molecule has 0 fully saturated rings. The fourth-order valence-electron chi connectivity index (χ4n) is 1.79. The van der Waals surface area contributed by atoms with Gasteiger partial charge in [0.15, 0.2) is 0 Å². The van der Waals surface area contributed by atoms with Crippen LogP contribution in [-0.4, -0.2) is 22.0 Å². The lowest BCUT2D eigenvalue weighted by Gasteiger charge is -2.08. The van der Waals surface area contributed by atoms with Crippen molar-refractivity contribution in [3.05, 3.63) is 35.5 Å². The number of para-hydroxylation sites is 2. The van der Waals surface area contributed by atoms with Gasteiger partial charge in [-0.2, -0.15) is 9.78 Å². The van der Waals surface area contributed by atoms with E-state index in [9.17, 15) is 5.11 Å². The van der Waals surface area contributed by atoms with Crippen LogP contribution >= 0.6 is 0 Å². The summed E-state index contributed by atoms with van der Waals surface area (Å²) in [4.78, 5) is 0. The quantitative estimate of drug-likeness (QED) is 0.839. The van der Waals surface area contributed by atoms with Crippen LogP contribution in [0.2, 0.25) is 0 Å². The minimum atomic E-state index is 0.150. The number of phenols is 1. The Bertz CT molecular complexity index is 535. The lowest BCUT2D eigenvalue weighted by atomic mass is 10.2. The molecule has 0 atom stereocenters. The highest BCUT2D eigenvalue weighted by Crippen LogP contribution is 2.29. The molecule has 0 aliphatic carbocycles. The van der Waals surface area contributed by atoms with Crippen LogP contribution < -0.4 is 10.5 Å². The number of nitrogens with zero attached hydrogens (tertiary/aromatic N) is 2. The van der Waals surface area contributed by atoms with Gasteiger partial charge in [-0.15, -0.1) is 0 Å². The van der Waals surface area contributed by atoms with Crippen molar-refractivity contribution in [3.63, 3.8) is 0 Å². The number of phenolic OH excluding ortho intramolecular Hbond substituents is 1. The molecule has 0 amide bonds. The second-order valence-corrected chi connectivity index (χ2v) is 3.68. The number of hydrogen-bond donors (Lipinski definition) is 2. The molecule has 2 aromatic rings. The zero-order valence-corrected chi connectivity index (χ0v) is 9.84. The van der Waals surface area contributed by atoms with Crippen LogP contribution in [0.4, 0.5) is 0 Å². The third-order valence-electron chi connectivity index (χ3n) is 2.64. The van der Waals surface area contributed by atoms with Gasteiger partial charge in [-0.1, -0.05) is 12.1 Å². The van der Waals surface area contributed by atoms with E-state index in [0.29, 0.717) is 18.1 Å². The molecule has 0 radical (unpaired) electrons. The van der Waals surface area contributed by atoms with Gasteiger partial charge >= 0.3 is 0 Å². The van der Waals surface area contributed by atoms with Crippen molar-refractivity contribution in [1.82, 2.24) is 9.78 Å². The number of methoxy groups -OCH3 is 1. The van der Waals surface area contributed by atoms with Gasteiger partial charge in [0.05, 0.1) is 18.4 Å². The molecule has 0 aliphatic heterocycles. The molecule has 1 aromatic heterocycles. The Hall–Kier alpha value is -2.01. The highest BCUT2D eigenvalue weighted by molar-refractivity contribution is 5.49. The molecule has 0 bridgehead atoms. The molecule has 17 heavy (non-hydrogen) atoms. The highest BCUT2D eigenvalue weighted by atomic mass is 16.5. The van der Waals surface area contributed by atoms with E-state index in [1.165, 1.54) is 0 Å². The number of aromatic hydroxyl groups is 1. The molecule has 0 saturated heterocycles. The Kier molecular flexibility index (Phi) is 3.01. The number of rotatable bonds is 3. The zero-order chi connectivity index (χ0) is 12.4. The summed E-state index contributed by atoms with van der Waals surface area (Å²) in [5, 5.41) is 14.1. The minimum absolute atomic E-state index is 0.150. The number of aromatic nitrogens is 2. The summed E-state index contributed by atoms with van der Waals surface area (Å²) in [6.45, 7) is 2.21. The van der Waals surface area contributed by atoms with Crippen molar-refractivity contribution in [2.75, 3.05) is 7.11 Å². The Morgan fingerprint density at radius 2 is 2.12 bits per heavy atom. The molecule has 5 nitrogen and oxygen atoms in total. The molecule has 5 heteroatoms. The molecular weight excluding hydrogens is 218 g/mol. The van der Waals surface area contributed by atoms with Gasteiger partial charge in [-0.25, -0.2) is 0 Å². The number of ether oxygens (including phenoxy) is 1. The standard InChI is InChI=1S/C12H15N3O2/c1-8-9(7-13)12(17-2)15(14-8)10-5-3-4-6-11(10)16/h3-6,16H,7,13H2,1-2H3. The van der Waals surface area contributed by atoms with Crippen molar-refractivity contribution in [2.45, 2.75) is 13.5 Å². The molecule has 2 rings (SSSR count). The van der Waals surface area contributed by atoms with Crippen LogP contribution in [0.15, 0.2) is 24.3 Å². The second-order valence-electron chi connectivity index (χ2n) is 3.68. The van der Waals surface area contributed by atoms with E-state index in [0.717, 1.165) is 11.3 Å². The molecule has 0 unspecified atom stereocenters. The van der Waals surface area contributed by atoms with E-state index in [-0.39, 0.29) is 5.75 Å². The fraction of sp³-hybridized carbons (Fsp3) is 0.250. The van der Waals surface area contributed by atoms with Crippen LogP contribution in [0.5, 0.6) is 11.6 Å². The number of hydrogen-bond acceptors (Lipinski definition) is 4. The summed E-state index contributed by atoms with van der Waals surface area (Å²) in [6.07, 6.45) is 0. The van der Waals surface area contributed by atoms with E-state index in [4.69, 9.17) is 10.5 Å². The van der Waals surface area contributed by atoms with Crippen LogP contribution in [0.3, 0.4) is 0 Å². The number of aryl methyl sites for hydroxylation is 1. The molecule has 90 valence electrons. The van der Waals surface area contributed by atoms with E-state index in [1.807, 2.05) is 13.0 Å². The number of benzene rings is 1. The fourth-order valence-corrected chi connectivity index (χ4v) is 1.79. The van der Waals surface area contributed by atoms with E-state index >= 15 is 0 Å². The van der Waals surface area contributed by atoms with Gasteiger partial charge in [0.1, 0.15) is 11.4 Å². The molecule has 1 heterocycles. The number of nitrogens with two attached hydrogens (primary N) is 1. The van der Waals surface area contributed by atoms with Gasteiger partial charge in [-0.05, 0) is 19.1 Å². The van der Waals surface area contributed by atoms with E-state index in [2.05, 4.69) is 5.10 Å². The van der Waals surface area contributed by atoms with Gasteiger partial charge in [0.25, 0.3) is 0 Å². The predicted octanol–water partition coefficient (Wildman–Crippen LogP) is 1.35. The monoisotopic (exact) mass is 233 g/mol. The van der Waals surface area contributed by atoms with Gasteiger partial charge < -0.3 is 15.6 Å². The molecule has 0 aliphatic rings. The van der Waals surface area contributed by atoms with Crippen LogP contribution in [0.25, 0.3) is 5.69 Å². The highest BCUT2D eigenvalue weighted by Gasteiger charge is 2.17. The first kappa shape index (κ1) is 11.5. The summed E-state index contributed by atoms with van der Waals surface area (Å²) in [5.74, 6) is 0.711. The maximum absolute atomic E-state index is 9.81. The lowest BCUT2D eigenvalue weighted by Crippen LogP contribution is -2.03. The van der Waals surface area contributed by atoms with E-state index < -0.39 is 0 Å². The summed E-state index contributed by atoms with van der Waals surface area (Å²) >= 11 is 0. The first-order valence-corrected chi connectivity index (χ1v) is 5.30. The predicted molar refractivity (Wildman–Crippen MR) is 64.4 cm³/mol. The third kappa shape index (κ3) is 1.85. The zero-order valence-electron chi connectivity index (χ0n) is 9.84. The molecule has 0 spiro atoms.